The van der Waals surface area contributed by atoms with Gasteiger partial charge in [0.15, 0.2) is 0 Å². The van der Waals surface area contributed by atoms with Crippen LogP contribution in [0.4, 0.5) is 5.82 Å². The van der Waals surface area contributed by atoms with E-state index in [-0.39, 0.29) is 11.9 Å². The molecule has 1 fully saturated rings. The third-order valence-electron chi connectivity index (χ3n) is 4.30. The van der Waals surface area contributed by atoms with Crippen LogP contribution in [-0.2, 0) is 11.2 Å². The van der Waals surface area contributed by atoms with Gasteiger partial charge in [-0.15, -0.1) is 11.3 Å². The lowest BCUT2D eigenvalue weighted by Crippen LogP contribution is -2.48. The van der Waals surface area contributed by atoms with E-state index in [1.54, 1.807) is 11.3 Å². The van der Waals surface area contributed by atoms with Crippen LogP contribution in [-0.4, -0.2) is 35.0 Å². The van der Waals surface area contributed by atoms with Gasteiger partial charge in [0, 0.05) is 29.7 Å². The second kappa shape index (κ2) is 7.30. The number of piperidine rings is 1. The second-order valence-electron chi connectivity index (χ2n) is 6.41. The molecule has 6 heteroatoms. The van der Waals surface area contributed by atoms with Gasteiger partial charge in [-0.3, -0.25) is 4.79 Å². The average Bonchev–Trinajstić information content (AvgIpc) is 2.85. The summed E-state index contributed by atoms with van der Waals surface area (Å²) < 4.78 is 0. The number of aromatic nitrogens is 2. The Morgan fingerprint density at radius 1 is 1.33 bits per heavy atom. The third kappa shape index (κ3) is 4.12. The van der Waals surface area contributed by atoms with E-state index in [0.29, 0.717) is 6.42 Å². The Labute approximate surface area is 147 Å². The van der Waals surface area contributed by atoms with Crippen molar-refractivity contribution in [1.29, 1.82) is 0 Å². The Bertz CT molecular complexity index is 728. The maximum absolute atomic E-state index is 12.4. The standard InChI is InChI=1S/C18H24N4OS/c1-12-6-4-8-17(19-12)22-9-5-7-15(11-22)21-18(23)10-16-13(2)20-14(3)24-16/h4,6,8,15H,5,7,9-11H2,1-3H3,(H,21,23). The number of anilines is 1. The topological polar surface area (TPSA) is 58.1 Å². The molecule has 0 spiro atoms. The smallest absolute Gasteiger partial charge is 0.225 e. The maximum atomic E-state index is 12.4. The molecule has 0 saturated carbocycles. The normalized spacial score (nSPS) is 17.8. The van der Waals surface area contributed by atoms with Crippen molar-refractivity contribution < 1.29 is 4.79 Å². The van der Waals surface area contributed by atoms with Crippen molar-refractivity contribution in [2.45, 2.75) is 46.1 Å². The Hall–Kier alpha value is -1.95. The van der Waals surface area contributed by atoms with Crippen molar-refractivity contribution >= 4 is 23.1 Å². The number of nitrogens with zero attached hydrogens (tertiary/aromatic N) is 3. The minimum absolute atomic E-state index is 0.0887. The zero-order chi connectivity index (χ0) is 17.1. The van der Waals surface area contributed by atoms with Crippen molar-refractivity contribution in [2.24, 2.45) is 0 Å². The number of rotatable bonds is 4. The summed E-state index contributed by atoms with van der Waals surface area (Å²) in [6.45, 7) is 7.77. The monoisotopic (exact) mass is 344 g/mol. The van der Waals surface area contributed by atoms with E-state index in [9.17, 15) is 4.79 Å². The average molecular weight is 344 g/mol. The Morgan fingerprint density at radius 3 is 2.88 bits per heavy atom. The highest BCUT2D eigenvalue weighted by Gasteiger charge is 2.23. The summed E-state index contributed by atoms with van der Waals surface area (Å²) >= 11 is 1.61. The highest BCUT2D eigenvalue weighted by atomic mass is 32.1. The summed E-state index contributed by atoms with van der Waals surface area (Å²) in [5.41, 5.74) is 2.00. The van der Waals surface area contributed by atoms with Crippen molar-refractivity contribution in [3.05, 3.63) is 39.5 Å². The molecule has 1 aliphatic heterocycles. The zero-order valence-corrected chi connectivity index (χ0v) is 15.3. The number of hydrogen-bond acceptors (Lipinski definition) is 5. The van der Waals surface area contributed by atoms with E-state index in [1.165, 1.54) is 0 Å². The Morgan fingerprint density at radius 2 is 2.17 bits per heavy atom. The molecule has 24 heavy (non-hydrogen) atoms. The van der Waals surface area contributed by atoms with Crippen molar-refractivity contribution in [3.8, 4) is 0 Å². The van der Waals surface area contributed by atoms with Crippen LogP contribution in [0.1, 0.15) is 34.1 Å². The highest BCUT2D eigenvalue weighted by molar-refractivity contribution is 7.11. The molecule has 1 atom stereocenters. The van der Waals surface area contributed by atoms with Gasteiger partial charge in [0.2, 0.25) is 5.91 Å². The lowest BCUT2D eigenvalue weighted by atomic mass is 10.1. The molecule has 3 heterocycles. The first-order valence-electron chi connectivity index (χ1n) is 8.42. The fraction of sp³-hybridized carbons (Fsp3) is 0.500. The fourth-order valence-corrected chi connectivity index (χ4v) is 4.11. The molecule has 0 aromatic carbocycles. The summed E-state index contributed by atoms with van der Waals surface area (Å²) in [4.78, 5) is 24.7. The van der Waals surface area contributed by atoms with E-state index in [0.717, 1.165) is 53.0 Å². The minimum atomic E-state index is 0.0887. The Kier molecular flexibility index (Phi) is 5.14. The number of thiazole rings is 1. The number of aryl methyl sites for hydroxylation is 3. The molecule has 1 unspecified atom stereocenters. The van der Waals surface area contributed by atoms with Crippen LogP contribution >= 0.6 is 11.3 Å². The lowest BCUT2D eigenvalue weighted by Gasteiger charge is -2.34. The van der Waals surface area contributed by atoms with Gasteiger partial charge in [-0.2, -0.15) is 0 Å². The van der Waals surface area contributed by atoms with Crippen LogP contribution in [0.15, 0.2) is 18.2 Å². The number of carbonyl (C=O) groups is 1. The van der Waals surface area contributed by atoms with Crippen LogP contribution in [0, 0.1) is 20.8 Å². The summed E-state index contributed by atoms with van der Waals surface area (Å²) in [6.07, 6.45) is 2.52. The van der Waals surface area contributed by atoms with Gasteiger partial charge >= 0.3 is 0 Å². The second-order valence-corrected chi connectivity index (χ2v) is 7.70. The molecular weight excluding hydrogens is 320 g/mol. The van der Waals surface area contributed by atoms with E-state index in [1.807, 2.05) is 39.0 Å². The van der Waals surface area contributed by atoms with E-state index in [4.69, 9.17) is 0 Å². The van der Waals surface area contributed by atoms with Gasteiger partial charge in [0.25, 0.3) is 0 Å². The van der Waals surface area contributed by atoms with Crippen LogP contribution < -0.4 is 10.2 Å². The number of carbonyl (C=O) groups excluding carboxylic acids is 1. The van der Waals surface area contributed by atoms with Gasteiger partial charge in [-0.25, -0.2) is 9.97 Å². The van der Waals surface area contributed by atoms with Gasteiger partial charge in [0.05, 0.1) is 17.1 Å². The van der Waals surface area contributed by atoms with Crippen LogP contribution in [0.5, 0.6) is 0 Å². The first-order chi connectivity index (χ1) is 11.5. The van der Waals surface area contributed by atoms with Gasteiger partial charge in [-0.05, 0) is 45.7 Å². The lowest BCUT2D eigenvalue weighted by molar-refractivity contribution is -0.121. The van der Waals surface area contributed by atoms with Crippen molar-refractivity contribution in [2.75, 3.05) is 18.0 Å². The van der Waals surface area contributed by atoms with E-state index >= 15 is 0 Å². The van der Waals surface area contributed by atoms with E-state index in [2.05, 4.69) is 20.2 Å². The quantitative estimate of drug-likeness (QED) is 0.926. The fourth-order valence-electron chi connectivity index (χ4n) is 3.17. The molecule has 0 aliphatic carbocycles. The van der Waals surface area contributed by atoms with Crippen LogP contribution in [0.25, 0.3) is 0 Å². The molecular formula is C18H24N4OS. The largest absolute Gasteiger partial charge is 0.355 e. The molecule has 3 rings (SSSR count). The van der Waals surface area contributed by atoms with Gasteiger partial charge in [0.1, 0.15) is 5.82 Å². The zero-order valence-electron chi connectivity index (χ0n) is 14.5. The first-order valence-corrected chi connectivity index (χ1v) is 9.24. The molecule has 2 aromatic heterocycles. The third-order valence-corrected chi connectivity index (χ3v) is 5.38. The number of pyridine rings is 1. The maximum Gasteiger partial charge on any atom is 0.225 e. The molecule has 128 valence electrons. The molecule has 1 saturated heterocycles. The molecule has 5 nitrogen and oxygen atoms in total. The van der Waals surface area contributed by atoms with Gasteiger partial charge in [-0.1, -0.05) is 6.07 Å². The number of nitrogens with one attached hydrogen (secondary N) is 1. The molecule has 1 aliphatic rings. The molecule has 1 amide bonds. The first kappa shape index (κ1) is 16.9. The minimum Gasteiger partial charge on any atom is -0.355 e. The molecule has 0 radical (unpaired) electrons. The van der Waals surface area contributed by atoms with Crippen LogP contribution in [0.2, 0.25) is 0 Å². The van der Waals surface area contributed by atoms with Crippen LogP contribution in [0.3, 0.4) is 0 Å². The van der Waals surface area contributed by atoms with Crippen molar-refractivity contribution in [1.82, 2.24) is 15.3 Å². The molecule has 2 aromatic rings. The van der Waals surface area contributed by atoms with Gasteiger partial charge < -0.3 is 10.2 Å². The Balaban J connectivity index is 1.59. The molecule has 0 bridgehead atoms. The summed E-state index contributed by atoms with van der Waals surface area (Å²) in [5, 5.41) is 4.21. The van der Waals surface area contributed by atoms with E-state index < -0.39 is 0 Å². The summed E-state index contributed by atoms with van der Waals surface area (Å²) in [6, 6.07) is 6.27. The summed E-state index contributed by atoms with van der Waals surface area (Å²) in [5.74, 6) is 1.09. The highest BCUT2D eigenvalue weighted by Crippen LogP contribution is 2.20. The predicted octanol–water partition coefficient (Wildman–Crippen LogP) is 2.79. The predicted molar refractivity (Wildman–Crippen MR) is 97.6 cm³/mol. The summed E-state index contributed by atoms with van der Waals surface area (Å²) in [7, 11) is 0. The number of amides is 1. The SMILES string of the molecule is Cc1cccc(N2CCCC(NC(=O)Cc3sc(C)nc3C)C2)n1. The molecule has 1 N–H and O–H groups in total. The number of hydrogen-bond donors (Lipinski definition) is 1. The van der Waals surface area contributed by atoms with Crippen molar-refractivity contribution in [3.63, 3.8) is 0 Å².